The van der Waals surface area contributed by atoms with Crippen LogP contribution in [0.15, 0.2) is 12.4 Å². The molecule has 0 spiro atoms. The molecule has 0 bridgehead atoms. The van der Waals surface area contributed by atoms with Crippen molar-refractivity contribution in [3.8, 4) is 0 Å². The Kier molecular flexibility index (Phi) is 6.08. The highest BCUT2D eigenvalue weighted by molar-refractivity contribution is 5.07. The Labute approximate surface area is 124 Å². The van der Waals surface area contributed by atoms with Crippen molar-refractivity contribution in [3.63, 3.8) is 0 Å². The van der Waals surface area contributed by atoms with Gasteiger partial charge in [-0.3, -0.25) is 4.68 Å². The Bertz CT molecular complexity index is 377. The number of hydrogen-bond donors (Lipinski definition) is 1. The molecular weight excluding hydrogens is 246 g/mol. The van der Waals surface area contributed by atoms with E-state index in [1.807, 2.05) is 10.9 Å². The van der Waals surface area contributed by atoms with E-state index < -0.39 is 0 Å². The van der Waals surface area contributed by atoms with E-state index in [0.717, 1.165) is 31.3 Å². The third-order valence-electron chi connectivity index (χ3n) is 4.97. The van der Waals surface area contributed by atoms with E-state index in [1.54, 1.807) is 0 Å². The number of rotatable bonds is 7. The van der Waals surface area contributed by atoms with Gasteiger partial charge < -0.3 is 5.32 Å². The Hall–Kier alpha value is -0.830. The summed E-state index contributed by atoms with van der Waals surface area (Å²) in [5, 5.41) is 8.13. The number of aromatic nitrogens is 2. The zero-order valence-corrected chi connectivity index (χ0v) is 13.4. The summed E-state index contributed by atoms with van der Waals surface area (Å²) in [4.78, 5) is 0. The van der Waals surface area contributed by atoms with Crippen molar-refractivity contribution in [2.24, 2.45) is 11.8 Å². The maximum absolute atomic E-state index is 4.41. The molecule has 1 aliphatic carbocycles. The summed E-state index contributed by atoms with van der Waals surface area (Å²) >= 11 is 0. The average Bonchev–Trinajstić information content (AvgIpc) is 2.95. The molecule has 1 aromatic heterocycles. The van der Waals surface area contributed by atoms with Crippen molar-refractivity contribution in [2.75, 3.05) is 6.54 Å². The molecule has 3 nitrogen and oxygen atoms in total. The fourth-order valence-corrected chi connectivity index (χ4v) is 3.61. The standard InChI is InChI=1S/C17H31N3/c1-4-14-7-9-16(10-8-14)17(18-5-2)11-15-12-19-20(6-3)13-15/h12-14,16-18H,4-11H2,1-3H3. The predicted octanol–water partition coefficient (Wildman–Crippen LogP) is 3.64. The third kappa shape index (κ3) is 4.08. The summed E-state index contributed by atoms with van der Waals surface area (Å²) in [5.74, 6) is 1.83. The van der Waals surface area contributed by atoms with Crippen molar-refractivity contribution in [1.82, 2.24) is 15.1 Å². The molecule has 1 aliphatic rings. The van der Waals surface area contributed by atoms with Crippen LogP contribution in [0.25, 0.3) is 0 Å². The lowest BCUT2D eigenvalue weighted by Gasteiger charge is -2.34. The van der Waals surface area contributed by atoms with Gasteiger partial charge in [0.05, 0.1) is 6.20 Å². The minimum Gasteiger partial charge on any atom is -0.314 e. The van der Waals surface area contributed by atoms with Crippen LogP contribution in [-0.4, -0.2) is 22.4 Å². The van der Waals surface area contributed by atoms with E-state index in [0.29, 0.717) is 6.04 Å². The molecule has 0 saturated heterocycles. The molecule has 1 atom stereocenters. The monoisotopic (exact) mass is 277 g/mol. The van der Waals surface area contributed by atoms with Gasteiger partial charge in [0.15, 0.2) is 0 Å². The van der Waals surface area contributed by atoms with Crippen molar-refractivity contribution < 1.29 is 0 Å². The summed E-state index contributed by atoms with van der Waals surface area (Å²) in [5.41, 5.74) is 1.38. The third-order valence-corrected chi connectivity index (χ3v) is 4.97. The van der Waals surface area contributed by atoms with Gasteiger partial charge in [-0.1, -0.05) is 33.1 Å². The van der Waals surface area contributed by atoms with Gasteiger partial charge in [-0.25, -0.2) is 0 Å². The van der Waals surface area contributed by atoms with Crippen molar-refractivity contribution in [3.05, 3.63) is 18.0 Å². The molecule has 2 rings (SSSR count). The molecule has 1 unspecified atom stereocenters. The van der Waals surface area contributed by atoms with E-state index in [4.69, 9.17) is 0 Å². The number of aryl methyl sites for hydroxylation is 1. The van der Waals surface area contributed by atoms with Crippen LogP contribution in [0.2, 0.25) is 0 Å². The Morgan fingerprint density at radius 2 is 2.00 bits per heavy atom. The van der Waals surface area contributed by atoms with Gasteiger partial charge >= 0.3 is 0 Å². The Balaban J connectivity index is 1.92. The fourth-order valence-electron chi connectivity index (χ4n) is 3.61. The van der Waals surface area contributed by atoms with Crippen molar-refractivity contribution in [2.45, 2.75) is 71.9 Å². The van der Waals surface area contributed by atoms with E-state index >= 15 is 0 Å². The molecule has 0 aliphatic heterocycles. The molecule has 20 heavy (non-hydrogen) atoms. The quantitative estimate of drug-likeness (QED) is 0.824. The van der Waals surface area contributed by atoms with Crippen LogP contribution in [-0.2, 0) is 13.0 Å². The van der Waals surface area contributed by atoms with Crippen molar-refractivity contribution >= 4 is 0 Å². The van der Waals surface area contributed by atoms with Gasteiger partial charge in [0.1, 0.15) is 0 Å². The molecule has 3 heteroatoms. The maximum Gasteiger partial charge on any atom is 0.0522 e. The first-order valence-electron chi connectivity index (χ1n) is 8.51. The van der Waals surface area contributed by atoms with Crippen LogP contribution in [0, 0.1) is 11.8 Å². The normalized spacial score (nSPS) is 24.8. The van der Waals surface area contributed by atoms with Crippen molar-refractivity contribution in [1.29, 1.82) is 0 Å². The lowest BCUT2D eigenvalue weighted by atomic mass is 9.76. The minimum absolute atomic E-state index is 0.632. The lowest BCUT2D eigenvalue weighted by Crippen LogP contribution is -2.39. The van der Waals surface area contributed by atoms with Gasteiger partial charge in [0, 0.05) is 18.8 Å². The van der Waals surface area contributed by atoms with Gasteiger partial charge in [-0.05, 0) is 50.1 Å². The van der Waals surface area contributed by atoms with Crippen LogP contribution in [0.5, 0.6) is 0 Å². The van der Waals surface area contributed by atoms with Crippen LogP contribution < -0.4 is 5.32 Å². The molecule has 1 heterocycles. The largest absolute Gasteiger partial charge is 0.314 e. The molecule has 1 N–H and O–H groups in total. The second-order valence-corrected chi connectivity index (χ2v) is 6.26. The highest BCUT2D eigenvalue weighted by atomic mass is 15.3. The molecule has 1 fully saturated rings. The topological polar surface area (TPSA) is 29.9 Å². The fraction of sp³-hybridized carbons (Fsp3) is 0.824. The maximum atomic E-state index is 4.41. The molecular formula is C17H31N3. The van der Waals surface area contributed by atoms with Crippen LogP contribution >= 0.6 is 0 Å². The van der Waals surface area contributed by atoms with Crippen LogP contribution in [0.1, 0.15) is 58.4 Å². The number of hydrogen-bond acceptors (Lipinski definition) is 2. The summed E-state index contributed by atoms with van der Waals surface area (Å²) in [7, 11) is 0. The van der Waals surface area contributed by atoms with Gasteiger partial charge in [-0.2, -0.15) is 5.10 Å². The first-order chi connectivity index (χ1) is 9.76. The van der Waals surface area contributed by atoms with Crippen LogP contribution in [0.3, 0.4) is 0 Å². The first kappa shape index (κ1) is 15.6. The SMILES string of the molecule is CCNC(Cc1cnn(CC)c1)C1CCC(CC)CC1. The van der Waals surface area contributed by atoms with Gasteiger partial charge in [0.2, 0.25) is 0 Å². The molecule has 0 radical (unpaired) electrons. The zero-order valence-electron chi connectivity index (χ0n) is 13.4. The molecule has 0 aromatic carbocycles. The number of likely N-dealkylation sites (N-methyl/N-ethyl adjacent to an activating group) is 1. The molecule has 114 valence electrons. The summed E-state index contributed by atoms with van der Waals surface area (Å²) in [6.07, 6.45) is 12.4. The lowest BCUT2D eigenvalue weighted by molar-refractivity contribution is 0.218. The zero-order chi connectivity index (χ0) is 14.4. The Morgan fingerprint density at radius 3 is 2.55 bits per heavy atom. The highest BCUT2D eigenvalue weighted by Crippen LogP contribution is 2.33. The van der Waals surface area contributed by atoms with E-state index in [9.17, 15) is 0 Å². The second-order valence-electron chi connectivity index (χ2n) is 6.26. The molecule has 0 amide bonds. The second kappa shape index (κ2) is 7.82. The van der Waals surface area contributed by atoms with Crippen LogP contribution in [0.4, 0.5) is 0 Å². The number of nitrogens with one attached hydrogen (secondary N) is 1. The summed E-state index contributed by atoms with van der Waals surface area (Å²) in [6.45, 7) is 8.74. The molecule has 1 aromatic rings. The highest BCUT2D eigenvalue weighted by Gasteiger charge is 2.26. The smallest absolute Gasteiger partial charge is 0.0522 e. The van der Waals surface area contributed by atoms with E-state index in [1.165, 1.54) is 37.7 Å². The summed E-state index contributed by atoms with van der Waals surface area (Å²) < 4.78 is 2.03. The van der Waals surface area contributed by atoms with Gasteiger partial charge in [0.25, 0.3) is 0 Å². The van der Waals surface area contributed by atoms with E-state index in [2.05, 4.69) is 37.4 Å². The predicted molar refractivity (Wildman–Crippen MR) is 84.8 cm³/mol. The number of nitrogens with zero attached hydrogens (tertiary/aromatic N) is 2. The first-order valence-corrected chi connectivity index (χ1v) is 8.51. The minimum atomic E-state index is 0.632. The van der Waals surface area contributed by atoms with Gasteiger partial charge in [-0.15, -0.1) is 0 Å². The molecule has 1 saturated carbocycles. The Morgan fingerprint density at radius 1 is 1.25 bits per heavy atom. The van der Waals surface area contributed by atoms with E-state index in [-0.39, 0.29) is 0 Å². The average molecular weight is 277 g/mol. The summed E-state index contributed by atoms with van der Waals surface area (Å²) in [6, 6.07) is 0.632.